The molecule has 2 atom stereocenters. The van der Waals surface area contributed by atoms with E-state index in [1.807, 2.05) is 0 Å². The predicted molar refractivity (Wildman–Crippen MR) is 30.4 cm³/mol. The van der Waals surface area contributed by atoms with E-state index < -0.39 is 22.2 Å². The first-order valence-electron chi connectivity index (χ1n) is 2.47. The number of halogens is 3. The summed E-state index contributed by atoms with van der Waals surface area (Å²) in [5.74, 6) is 0. The highest BCUT2D eigenvalue weighted by Crippen LogP contribution is 2.34. The summed E-state index contributed by atoms with van der Waals surface area (Å²) < 4.78 is 60.0. The molecule has 0 spiro atoms. The van der Waals surface area contributed by atoms with Crippen molar-refractivity contribution in [2.24, 2.45) is 0 Å². The van der Waals surface area contributed by atoms with E-state index in [1.165, 1.54) is 0 Å². The highest BCUT2D eigenvalue weighted by molar-refractivity contribution is 7.80. The minimum absolute atomic E-state index is 0.222. The quantitative estimate of drug-likeness (QED) is 0.619. The molecule has 68 valence electrons. The summed E-state index contributed by atoms with van der Waals surface area (Å²) in [7, 11) is 0.519. The minimum Gasteiger partial charge on any atom is -0.770 e. The maximum Gasteiger partial charge on any atom is 0.399 e. The topological polar surface area (TPSA) is 49.4 Å². The van der Waals surface area contributed by atoms with Crippen molar-refractivity contribution in [1.82, 2.24) is 0 Å². The molecule has 3 nitrogen and oxygen atoms in total. The van der Waals surface area contributed by atoms with E-state index in [2.05, 4.69) is 4.74 Å². The maximum atomic E-state index is 12.5. The largest absolute Gasteiger partial charge is 0.770 e. The smallest absolute Gasteiger partial charge is 0.399 e. The zero-order valence-electron chi connectivity index (χ0n) is 5.77. The monoisotopic (exact) mass is 191 g/mol. The Bertz CT molecular complexity index is 170. The summed E-state index contributed by atoms with van der Waals surface area (Å²) in [6, 6.07) is 0. The molecule has 0 radical (unpaired) electrons. The van der Waals surface area contributed by atoms with Crippen LogP contribution in [0.25, 0.3) is 0 Å². The van der Waals surface area contributed by atoms with Crippen LogP contribution in [0.15, 0.2) is 0 Å². The van der Waals surface area contributed by atoms with Crippen LogP contribution in [0.2, 0.25) is 0 Å². The fourth-order valence-corrected chi connectivity index (χ4v) is 0.557. The number of ether oxygens (including phenoxy) is 1. The van der Waals surface area contributed by atoms with Gasteiger partial charge >= 0.3 is 6.11 Å². The number of methoxy groups -OCH3 is 1. The molecular weight excluding hydrogens is 185 g/mol. The van der Waals surface area contributed by atoms with Gasteiger partial charge in [0.1, 0.15) is 0 Å². The molecule has 0 saturated carbocycles. The molecule has 0 aliphatic heterocycles. The lowest BCUT2D eigenvalue weighted by Crippen LogP contribution is -2.46. The lowest BCUT2D eigenvalue weighted by molar-refractivity contribution is -0.268. The van der Waals surface area contributed by atoms with Crippen LogP contribution < -0.4 is 0 Å². The van der Waals surface area contributed by atoms with E-state index in [0.717, 1.165) is 0 Å². The summed E-state index contributed by atoms with van der Waals surface area (Å²) in [5, 5.41) is -3.69. The van der Waals surface area contributed by atoms with Gasteiger partial charge in [-0.1, -0.05) is 0 Å². The second-order valence-corrected chi connectivity index (χ2v) is 3.11. The third kappa shape index (κ3) is 1.91. The number of rotatable bonds is 3. The van der Waals surface area contributed by atoms with Crippen LogP contribution in [0.4, 0.5) is 13.2 Å². The molecule has 0 N–H and O–H groups in total. The van der Waals surface area contributed by atoms with Crippen molar-refractivity contribution in [1.29, 1.82) is 0 Å². The van der Waals surface area contributed by atoms with Gasteiger partial charge in [0, 0.05) is 7.11 Å². The number of hydrogen-bond donors (Lipinski definition) is 0. The van der Waals surface area contributed by atoms with Gasteiger partial charge < -0.3 is 9.29 Å². The van der Waals surface area contributed by atoms with Crippen molar-refractivity contribution in [2.45, 2.75) is 18.0 Å². The Kier molecular flexibility index (Phi) is 3.04. The highest BCUT2D eigenvalue weighted by Gasteiger charge is 2.53. The van der Waals surface area contributed by atoms with Crippen LogP contribution in [0.1, 0.15) is 6.92 Å². The van der Waals surface area contributed by atoms with Crippen LogP contribution >= 0.6 is 0 Å². The minimum atomic E-state index is -4.32. The standard InChI is InChI=1S/C4H7F3O3S/c1-3(5,11(8)9)4(6,7)10-2/h1-2H3,(H,8,9)/p-1. The molecule has 0 heterocycles. The molecule has 2 unspecified atom stereocenters. The van der Waals surface area contributed by atoms with E-state index >= 15 is 0 Å². The van der Waals surface area contributed by atoms with E-state index in [-0.39, 0.29) is 6.92 Å². The number of hydrogen-bond acceptors (Lipinski definition) is 3. The zero-order valence-corrected chi connectivity index (χ0v) is 6.58. The Hall–Kier alpha value is -0.140. The van der Waals surface area contributed by atoms with E-state index in [1.54, 1.807) is 0 Å². The molecular formula is C4H6F3O3S-. The SMILES string of the molecule is COC(F)(F)C(C)(F)S(=O)[O-]. The lowest BCUT2D eigenvalue weighted by Gasteiger charge is -2.29. The van der Waals surface area contributed by atoms with Crippen LogP contribution in [0.3, 0.4) is 0 Å². The summed E-state index contributed by atoms with van der Waals surface area (Å²) in [5.41, 5.74) is 0. The van der Waals surface area contributed by atoms with Crippen molar-refractivity contribution < 1.29 is 26.7 Å². The molecule has 0 aromatic heterocycles. The zero-order chi connectivity index (χ0) is 9.28. The van der Waals surface area contributed by atoms with E-state index in [4.69, 9.17) is 0 Å². The van der Waals surface area contributed by atoms with Gasteiger partial charge in [-0.15, -0.1) is 0 Å². The van der Waals surface area contributed by atoms with Crippen LogP contribution in [0.5, 0.6) is 0 Å². The van der Waals surface area contributed by atoms with E-state index in [0.29, 0.717) is 7.11 Å². The molecule has 0 rings (SSSR count). The van der Waals surface area contributed by atoms with Crippen LogP contribution in [-0.2, 0) is 15.8 Å². The predicted octanol–water partition coefficient (Wildman–Crippen LogP) is 0.790. The van der Waals surface area contributed by atoms with Crippen LogP contribution in [-0.4, -0.2) is 27.0 Å². The fraction of sp³-hybridized carbons (Fsp3) is 1.00. The average Bonchev–Trinajstić information content (AvgIpc) is 1.87. The van der Waals surface area contributed by atoms with Crippen LogP contribution in [0, 0.1) is 0 Å². The van der Waals surface area contributed by atoms with Gasteiger partial charge in [-0.25, -0.2) is 4.39 Å². The van der Waals surface area contributed by atoms with Gasteiger partial charge in [0.25, 0.3) is 5.00 Å². The lowest BCUT2D eigenvalue weighted by atomic mass is 10.4. The summed E-state index contributed by atoms with van der Waals surface area (Å²) in [6.07, 6.45) is -4.32. The Morgan fingerprint density at radius 3 is 1.91 bits per heavy atom. The van der Waals surface area contributed by atoms with Crippen molar-refractivity contribution in [3.05, 3.63) is 0 Å². The van der Waals surface area contributed by atoms with Gasteiger partial charge in [-0.05, 0) is 18.0 Å². The van der Waals surface area contributed by atoms with Gasteiger partial charge in [0.15, 0.2) is 0 Å². The first-order valence-corrected chi connectivity index (χ1v) is 3.54. The molecule has 11 heavy (non-hydrogen) atoms. The van der Waals surface area contributed by atoms with Gasteiger partial charge in [0.2, 0.25) is 0 Å². The van der Waals surface area contributed by atoms with Gasteiger partial charge in [-0.3, -0.25) is 4.21 Å². The first kappa shape index (κ1) is 10.9. The summed E-state index contributed by atoms with van der Waals surface area (Å²) in [6.45, 7) is 0.222. The third-order valence-corrected chi connectivity index (χ3v) is 1.95. The maximum absolute atomic E-state index is 12.5. The molecule has 0 aliphatic carbocycles. The van der Waals surface area contributed by atoms with Crippen molar-refractivity contribution >= 4 is 11.1 Å². The second kappa shape index (κ2) is 3.08. The molecule has 0 aromatic carbocycles. The molecule has 0 aliphatic rings. The third-order valence-electron chi connectivity index (χ3n) is 1.09. The highest BCUT2D eigenvalue weighted by atomic mass is 32.2. The molecule has 7 heteroatoms. The normalized spacial score (nSPS) is 20.9. The molecule has 0 amide bonds. The number of alkyl halides is 3. The second-order valence-electron chi connectivity index (χ2n) is 1.87. The molecule has 0 saturated heterocycles. The Labute approximate surface area is 63.8 Å². The Morgan fingerprint density at radius 1 is 1.45 bits per heavy atom. The molecule has 0 bridgehead atoms. The van der Waals surface area contributed by atoms with Crippen molar-refractivity contribution in [3.63, 3.8) is 0 Å². The fourth-order valence-electron chi connectivity index (χ4n) is 0.279. The average molecular weight is 191 g/mol. The van der Waals surface area contributed by atoms with Crippen molar-refractivity contribution in [2.75, 3.05) is 7.11 Å². The first-order chi connectivity index (χ1) is 4.75. The Balaban J connectivity index is 4.67. The van der Waals surface area contributed by atoms with Gasteiger partial charge in [0.05, 0.1) is 0 Å². The summed E-state index contributed by atoms with van der Waals surface area (Å²) >= 11 is -3.54. The molecule has 0 fully saturated rings. The Morgan fingerprint density at radius 2 is 1.82 bits per heavy atom. The molecule has 0 aromatic rings. The van der Waals surface area contributed by atoms with Crippen molar-refractivity contribution in [3.8, 4) is 0 Å². The van der Waals surface area contributed by atoms with E-state index in [9.17, 15) is 21.9 Å². The van der Waals surface area contributed by atoms with Gasteiger partial charge in [-0.2, -0.15) is 8.78 Å². The summed E-state index contributed by atoms with van der Waals surface area (Å²) in [4.78, 5) is 0.